The van der Waals surface area contributed by atoms with Gasteiger partial charge in [-0.2, -0.15) is 0 Å². The minimum Gasteiger partial charge on any atom is -0.414 e. The zero-order valence-electron chi connectivity index (χ0n) is 12.2. The van der Waals surface area contributed by atoms with Crippen molar-refractivity contribution < 1.29 is 4.43 Å². The fraction of sp³-hybridized carbons (Fsp3) is 1.00. The molecule has 0 saturated heterocycles. The summed E-state index contributed by atoms with van der Waals surface area (Å²) in [5.74, 6) is 3.23. The van der Waals surface area contributed by atoms with E-state index in [0.717, 1.165) is 23.7 Å². The molecule has 1 aliphatic carbocycles. The second kappa shape index (κ2) is 5.22. The molecule has 0 aromatic carbocycles. The Morgan fingerprint density at radius 1 is 0.938 bits per heavy atom. The van der Waals surface area contributed by atoms with Crippen LogP contribution in [0.3, 0.4) is 0 Å². The van der Waals surface area contributed by atoms with Crippen molar-refractivity contribution in [2.45, 2.75) is 66.3 Å². The molecule has 3 unspecified atom stereocenters. The first-order chi connectivity index (χ1) is 7.22. The third-order valence-corrected chi connectivity index (χ3v) is 4.85. The lowest BCUT2D eigenvalue weighted by molar-refractivity contribution is 0.0910. The third-order valence-electron chi connectivity index (χ3n) is 3.84. The maximum Gasteiger partial charge on any atom is 0.184 e. The largest absolute Gasteiger partial charge is 0.414 e. The van der Waals surface area contributed by atoms with Crippen LogP contribution >= 0.6 is 0 Å². The van der Waals surface area contributed by atoms with E-state index in [1.54, 1.807) is 0 Å². The quantitative estimate of drug-likeness (QED) is 0.657. The minimum atomic E-state index is -1.37. The summed E-state index contributed by atoms with van der Waals surface area (Å²) in [5.41, 5.74) is 0. The van der Waals surface area contributed by atoms with Crippen LogP contribution < -0.4 is 0 Å². The predicted molar refractivity (Wildman–Crippen MR) is 74.1 cm³/mol. The molecule has 1 aliphatic rings. The Hall–Kier alpha value is 0.177. The molecule has 0 N–H and O–H groups in total. The lowest BCUT2D eigenvalue weighted by Crippen LogP contribution is -2.37. The summed E-state index contributed by atoms with van der Waals surface area (Å²) in [4.78, 5) is 0. The topological polar surface area (TPSA) is 9.23 Å². The van der Waals surface area contributed by atoms with E-state index in [1.807, 2.05) is 0 Å². The Bertz CT molecular complexity index is 217. The number of hydrogen-bond donors (Lipinski definition) is 0. The van der Waals surface area contributed by atoms with Crippen LogP contribution in [0.4, 0.5) is 0 Å². The van der Waals surface area contributed by atoms with Crippen LogP contribution in [-0.4, -0.2) is 14.4 Å². The second-order valence-electron chi connectivity index (χ2n) is 7.08. The first kappa shape index (κ1) is 14.2. The molecule has 0 heterocycles. The minimum absolute atomic E-state index is 0.541. The van der Waals surface area contributed by atoms with Gasteiger partial charge < -0.3 is 4.43 Å². The molecular formula is C14H30OSi. The van der Waals surface area contributed by atoms with E-state index in [4.69, 9.17) is 4.43 Å². The zero-order chi connectivity index (χ0) is 12.5. The Balaban J connectivity index is 2.72. The van der Waals surface area contributed by atoms with Gasteiger partial charge >= 0.3 is 0 Å². The van der Waals surface area contributed by atoms with Gasteiger partial charge in [-0.3, -0.25) is 0 Å². The van der Waals surface area contributed by atoms with Crippen molar-refractivity contribution in [1.29, 1.82) is 0 Å². The summed E-state index contributed by atoms with van der Waals surface area (Å²) < 4.78 is 6.39. The van der Waals surface area contributed by atoms with Crippen LogP contribution in [0.1, 0.15) is 40.5 Å². The number of rotatable bonds is 4. The molecule has 1 fully saturated rings. The van der Waals surface area contributed by atoms with Crippen molar-refractivity contribution in [3.63, 3.8) is 0 Å². The average molecular weight is 242 g/mol. The van der Waals surface area contributed by atoms with E-state index in [9.17, 15) is 0 Å². The molecule has 0 aromatic rings. The highest BCUT2D eigenvalue weighted by Crippen LogP contribution is 2.43. The van der Waals surface area contributed by atoms with E-state index >= 15 is 0 Å². The van der Waals surface area contributed by atoms with Gasteiger partial charge in [-0.25, -0.2) is 0 Å². The molecule has 96 valence electrons. The highest BCUT2D eigenvalue weighted by atomic mass is 28.4. The van der Waals surface area contributed by atoms with Gasteiger partial charge in [0.15, 0.2) is 8.32 Å². The molecule has 1 rings (SSSR count). The van der Waals surface area contributed by atoms with Crippen LogP contribution in [-0.2, 0) is 4.43 Å². The molecule has 2 heteroatoms. The third kappa shape index (κ3) is 3.59. The molecule has 1 nitrogen and oxygen atoms in total. The summed E-state index contributed by atoms with van der Waals surface area (Å²) in [6.07, 6.45) is 3.20. The molecule has 3 atom stereocenters. The average Bonchev–Trinajstić information content (AvgIpc) is 2.44. The van der Waals surface area contributed by atoms with Crippen LogP contribution in [0.25, 0.3) is 0 Å². The highest BCUT2D eigenvalue weighted by molar-refractivity contribution is 6.69. The smallest absolute Gasteiger partial charge is 0.184 e. The molecular weight excluding hydrogens is 212 g/mol. The van der Waals surface area contributed by atoms with Crippen LogP contribution in [0, 0.1) is 23.7 Å². The molecule has 0 aliphatic heterocycles. The first-order valence-corrected chi connectivity index (χ1v) is 10.3. The fourth-order valence-corrected chi connectivity index (χ4v) is 4.49. The molecule has 1 saturated carbocycles. The van der Waals surface area contributed by atoms with Gasteiger partial charge in [0.05, 0.1) is 0 Å². The molecule has 0 bridgehead atoms. The second-order valence-corrected chi connectivity index (χ2v) is 11.5. The molecule has 0 radical (unpaired) electrons. The standard InChI is InChI=1S/C14H30OSi/c1-10(2)12-8-9-13(14(12)11(3)4)15-16(5,6)7/h10-14H,8-9H2,1-7H3. The van der Waals surface area contributed by atoms with E-state index in [1.165, 1.54) is 12.8 Å². The van der Waals surface area contributed by atoms with Gasteiger partial charge in [-0.05, 0) is 56.2 Å². The summed E-state index contributed by atoms with van der Waals surface area (Å²) in [5, 5.41) is 0. The van der Waals surface area contributed by atoms with Gasteiger partial charge in [0, 0.05) is 6.10 Å². The predicted octanol–water partition coefficient (Wildman–Crippen LogP) is 4.54. The monoisotopic (exact) mass is 242 g/mol. The van der Waals surface area contributed by atoms with Crippen molar-refractivity contribution in [3.8, 4) is 0 Å². The van der Waals surface area contributed by atoms with Gasteiger partial charge in [0.2, 0.25) is 0 Å². The Kier molecular flexibility index (Phi) is 4.64. The SMILES string of the molecule is CC(C)C1CCC(O[Si](C)(C)C)C1C(C)C. The summed E-state index contributed by atoms with van der Waals surface area (Å²) in [7, 11) is -1.37. The summed E-state index contributed by atoms with van der Waals surface area (Å²) >= 11 is 0. The fourth-order valence-electron chi connectivity index (χ4n) is 3.31. The van der Waals surface area contributed by atoms with Crippen molar-refractivity contribution in [1.82, 2.24) is 0 Å². The Morgan fingerprint density at radius 2 is 1.50 bits per heavy atom. The highest BCUT2D eigenvalue weighted by Gasteiger charge is 2.41. The maximum absolute atomic E-state index is 6.39. The van der Waals surface area contributed by atoms with Gasteiger partial charge in [-0.15, -0.1) is 0 Å². The van der Waals surface area contributed by atoms with Gasteiger partial charge in [0.1, 0.15) is 0 Å². The lowest BCUT2D eigenvalue weighted by atomic mass is 9.79. The number of hydrogen-bond acceptors (Lipinski definition) is 1. The van der Waals surface area contributed by atoms with E-state index in [2.05, 4.69) is 47.3 Å². The Morgan fingerprint density at radius 3 is 1.88 bits per heavy atom. The van der Waals surface area contributed by atoms with Crippen molar-refractivity contribution >= 4 is 8.32 Å². The van der Waals surface area contributed by atoms with Crippen molar-refractivity contribution in [2.24, 2.45) is 23.7 Å². The maximum atomic E-state index is 6.39. The van der Waals surface area contributed by atoms with Crippen LogP contribution in [0.15, 0.2) is 0 Å². The van der Waals surface area contributed by atoms with Gasteiger partial charge in [0.25, 0.3) is 0 Å². The molecule has 0 amide bonds. The molecule has 0 aromatic heterocycles. The lowest BCUT2D eigenvalue weighted by Gasteiger charge is -2.34. The van der Waals surface area contributed by atoms with Gasteiger partial charge in [-0.1, -0.05) is 27.7 Å². The van der Waals surface area contributed by atoms with Crippen molar-refractivity contribution in [3.05, 3.63) is 0 Å². The molecule has 16 heavy (non-hydrogen) atoms. The van der Waals surface area contributed by atoms with E-state index < -0.39 is 8.32 Å². The van der Waals surface area contributed by atoms with Crippen molar-refractivity contribution in [2.75, 3.05) is 0 Å². The summed E-state index contributed by atoms with van der Waals surface area (Å²) in [6.45, 7) is 16.4. The zero-order valence-corrected chi connectivity index (χ0v) is 13.2. The Labute approximate surface area is 103 Å². The van der Waals surface area contributed by atoms with Crippen LogP contribution in [0.5, 0.6) is 0 Å². The molecule has 0 spiro atoms. The normalized spacial score (nSPS) is 31.7. The van der Waals surface area contributed by atoms with Crippen LogP contribution in [0.2, 0.25) is 19.6 Å². The summed E-state index contributed by atoms with van der Waals surface area (Å²) in [6, 6.07) is 0. The van der Waals surface area contributed by atoms with E-state index in [-0.39, 0.29) is 0 Å². The first-order valence-electron chi connectivity index (χ1n) is 6.90. The van der Waals surface area contributed by atoms with E-state index in [0.29, 0.717) is 6.10 Å².